The van der Waals surface area contributed by atoms with Crippen molar-refractivity contribution in [1.29, 1.82) is 0 Å². The lowest BCUT2D eigenvalue weighted by Gasteiger charge is -2.27. The predicted molar refractivity (Wildman–Crippen MR) is 99.2 cm³/mol. The lowest BCUT2D eigenvalue weighted by Crippen LogP contribution is -2.36. The highest BCUT2D eigenvalue weighted by Gasteiger charge is 2.25. The number of rotatable bonds is 4. The Kier molecular flexibility index (Phi) is 5.40. The van der Waals surface area contributed by atoms with Gasteiger partial charge in [-0.2, -0.15) is 0 Å². The van der Waals surface area contributed by atoms with Gasteiger partial charge in [-0.3, -0.25) is 9.59 Å². The molecular formula is C20H25N3O3. The second-order valence-corrected chi connectivity index (χ2v) is 6.85. The van der Waals surface area contributed by atoms with E-state index in [2.05, 4.69) is 10.5 Å². The van der Waals surface area contributed by atoms with E-state index in [4.69, 9.17) is 4.52 Å². The summed E-state index contributed by atoms with van der Waals surface area (Å²) in [7, 11) is 0. The maximum atomic E-state index is 12.9. The molecule has 1 aromatic carbocycles. The number of carbonyl (C=O) groups is 2. The molecule has 2 heterocycles. The smallest absolute Gasteiger partial charge is 0.255 e. The Balaban J connectivity index is 1.79. The molecule has 138 valence electrons. The molecule has 0 spiro atoms. The van der Waals surface area contributed by atoms with Gasteiger partial charge in [0.2, 0.25) is 5.91 Å². The van der Waals surface area contributed by atoms with Crippen LogP contribution in [0.4, 0.5) is 5.69 Å². The molecule has 26 heavy (non-hydrogen) atoms. The molecule has 3 rings (SSSR count). The van der Waals surface area contributed by atoms with Gasteiger partial charge in [-0.05, 0) is 52.2 Å². The van der Waals surface area contributed by atoms with Crippen LogP contribution in [0.25, 0.3) is 0 Å². The van der Waals surface area contributed by atoms with E-state index in [1.165, 1.54) is 0 Å². The number of hydrogen-bond acceptors (Lipinski definition) is 4. The summed E-state index contributed by atoms with van der Waals surface area (Å²) in [6.07, 6.45) is 3.23. The molecule has 1 atom stereocenters. The normalized spacial score (nSPS) is 15.6. The van der Waals surface area contributed by atoms with Crippen molar-refractivity contribution < 1.29 is 14.1 Å². The second-order valence-electron chi connectivity index (χ2n) is 6.85. The van der Waals surface area contributed by atoms with E-state index in [9.17, 15) is 9.59 Å². The highest BCUT2D eigenvalue weighted by Crippen LogP contribution is 2.26. The molecule has 2 amide bonds. The Morgan fingerprint density at radius 1 is 1.15 bits per heavy atom. The number of anilines is 1. The SMILES string of the molecule is Cc1noc(C)c1C(C)C(=O)Nc1ccccc1C(=O)N1CCCCC1. The van der Waals surface area contributed by atoms with Gasteiger partial charge in [0.25, 0.3) is 5.91 Å². The molecule has 1 fully saturated rings. The number of nitrogens with zero attached hydrogens (tertiary/aromatic N) is 2. The van der Waals surface area contributed by atoms with Crippen LogP contribution >= 0.6 is 0 Å². The van der Waals surface area contributed by atoms with E-state index < -0.39 is 5.92 Å². The number of carbonyl (C=O) groups excluding carboxylic acids is 2. The van der Waals surface area contributed by atoms with Crippen molar-refractivity contribution in [3.05, 3.63) is 46.8 Å². The zero-order valence-electron chi connectivity index (χ0n) is 15.5. The summed E-state index contributed by atoms with van der Waals surface area (Å²) in [5.74, 6) is 0.0195. The Morgan fingerprint density at radius 3 is 2.50 bits per heavy atom. The van der Waals surface area contributed by atoms with Gasteiger partial charge in [0, 0.05) is 18.7 Å². The molecule has 1 N–H and O–H groups in total. The molecule has 1 unspecified atom stereocenters. The average molecular weight is 355 g/mol. The highest BCUT2D eigenvalue weighted by molar-refractivity contribution is 6.05. The number of aromatic nitrogens is 1. The third-order valence-corrected chi connectivity index (χ3v) is 4.97. The first-order valence-corrected chi connectivity index (χ1v) is 9.11. The van der Waals surface area contributed by atoms with Crippen molar-refractivity contribution in [3.63, 3.8) is 0 Å². The molecule has 6 heteroatoms. The summed E-state index contributed by atoms with van der Waals surface area (Å²) in [5, 5.41) is 6.83. The molecule has 0 saturated carbocycles. The molecule has 6 nitrogen and oxygen atoms in total. The number of nitrogens with one attached hydrogen (secondary N) is 1. The molecule has 0 radical (unpaired) electrons. The summed E-state index contributed by atoms with van der Waals surface area (Å²) in [6, 6.07) is 7.19. The Bertz CT molecular complexity index is 787. The minimum atomic E-state index is -0.417. The number of para-hydroxylation sites is 1. The van der Waals surface area contributed by atoms with E-state index in [-0.39, 0.29) is 11.8 Å². The minimum absolute atomic E-state index is 0.0226. The third-order valence-electron chi connectivity index (χ3n) is 4.97. The first-order chi connectivity index (χ1) is 12.5. The molecule has 1 saturated heterocycles. The maximum Gasteiger partial charge on any atom is 0.255 e. The molecule has 1 aliphatic rings. The molecule has 1 aromatic heterocycles. The van der Waals surface area contributed by atoms with Gasteiger partial charge < -0.3 is 14.7 Å². The van der Waals surface area contributed by atoms with Crippen LogP contribution in [-0.4, -0.2) is 35.0 Å². The van der Waals surface area contributed by atoms with Crippen LogP contribution in [0.3, 0.4) is 0 Å². The van der Waals surface area contributed by atoms with Crippen LogP contribution in [0, 0.1) is 13.8 Å². The number of piperidine rings is 1. The summed E-state index contributed by atoms with van der Waals surface area (Å²) in [4.78, 5) is 27.5. The average Bonchev–Trinajstić information content (AvgIpc) is 3.00. The molecule has 2 aromatic rings. The number of hydrogen-bond donors (Lipinski definition) is 1. The standard InChI is InChI=1S/C20H25N3O3/c1-13(18-14(2)22-26-15(18)3)19(24)21-17-10-6-5-9-16(17)20(25)23-11-7-4-8-12-23/h5-6,9-10,13H,4,7-8,11-12H2,1-3H3,(H,21,24). The number of likely N-dealkylation sites (tertiary alicyclic amines) is 1. The van der Waals surface area contributed by atoms with Gasteiger partial charge in [-0.1, -0.05) is 17.3 Å². The quantitative estimate of drug-likeness (QED) is 0.908. The van der Waals surface area contributed by atoms with Crippen molar-refractivity contribution in [2.75, 3.05) is 18.4 Å². The zero-order chi connectivity index (χ0) is 18.7. The minimum Gasteiger partial charge on any atom is -0.361 e. The van der Waals surface area contributed by atoms with E-state index >= 15 is 0 Å². The van der Waals surface area contributed by atoms with Crippen molar-refractivity contribution in [2.45, 2.75) is 46.0 Å². The molecular weight excluding hydrogens is 330 g/mol. The maximum absolute atomic E-state index is 12.9. The largest absolute Gasteiger partial charge is 0.361 e. The van der Waals surface area contributed by atoms with Crippen molar-refractivity contribution in [2.24, 2.45) is 0 Å². The van der Waals surface area contributed by atoms with Crippen LogP contribution in [0.1, 0.15) is 59.5 Å². The monoisotopic (exact) mass is 355 g/mol. The van der Waals surface area contributed by atoms with E-state index in [0.29, 0.717) is 22.7 Å². The molecule has 0 aliphatic carbocycles. The van der Waals surface area contributed by atoms with Gasteiger partial charge in [-0.15, -0.1) is 0 Å². The fraction of sp³-hybridized carbons (Fsp3) is 0.450. The van der Waals surface area contributed by atoms with Gasteiger partial charge >= 0.3 is 0 Å². The van der Waals surface area contributed by atoms with Crippen molar-refractivity contribution >= 4 is 17.5 Å². The number of benzene rings is 1. The Morgan fingerprint density at radius 2 is 1.85 bits per heavy atom. The summed E-state index contributed by atoms with van der Waals surface area (Å²) in [5.41, 5.74) is 2.59. The topological polar surface area (TPSA) is 75.4 Å². The summed E-state index contributed by atoms with van der Waals surface area (Å²) < 4.78 is 5.17. The Labute approximate surface area is 153 Å². The molecule has 1 aliphatic heterocycles. The zero-order valence-corrected chi connectivity index (χ0v) is 15.5. The molecule has 0 bridgehead atoms. The van der Waals surface area contributed by atoms with E-state index in [1.54, 1.807) is 19.1 Å². The van der Waals surface area contributed by atoms with Gasteiger partial charge in [0.05, 0.1) is 22.9 Å². The fourth-order valence-electron chi connectivity index (χ4n) is 3.53. The predicted octanol–water partition coefficient (Wildman–Crippen LogP) is 3.66. The Hall–Kier alpha value is -2.63. The van der Waals surface area contributed by atoms with Gasteiger partial charge in [0.15, 0.2) is 0 Å². The summed E-state index contributed by atoms with van der Waals surface area (Å²) >= 11 is 0. The lowest BCUT2D eigenvalue weighted by atomic mass is 9.98. The van der Waals surface area contributed by atoms with Crippen molar-refractivity contribution in [1.82, 2.24) is 10.1 Å². The van der Waals surface area contributed by atoms with Crippen LogP contribution in [-0.2, 0) is 4.79 Å². The lowest BCUT2D eigenvalue weighted by molar-refractivity contribution is -0.117. The summed E-state index contributed by atoms with van der Waals surface area (Å²) in [6.45, 7) is 6.99. The van der Waals surface area contributed by atoms with Crippen LogP contribution in [0.15, 0.2) is 28.8 Å². The number of aryl methyl sites for hydroxylation is 2. The van der Waals surface area contributed by atoms with E-state index in [1.807, 2.05) is 30.9 Å². The van der Waals surface area contributed by atoms with Crippen LogP contribution < -0.4 is 5.32 Å². The first-order valence-electron chi connectivity index (χ1n) is 9.11. The third kappa shape index (κ3) is 3.64. The second kappa shape index (κ2) is 7.72. The fourth-order valence-corrected chi connectivity index (χ4v) is 3.53. The number of amides is 2. The van der Waals surface area contributed by atoms with E-state index in [0.717, 1.165) is 37.9 Å². The first kappa shape index (κ1) is 18.2. The van der Waals surface area contributed by atoms with Gasteiger partial charge in [0.1, 0.15) is 5.76 Å². The van der Waals surface area contributed by atoms with Crippen LogP contribution in [0.5, 0.6) is 0 Å². The van der Waals surface area contributed by atoms with Crippen LogP contribution in [0.2, 0.25) is 0 Å². The van der Waals surface area contributed by atoms with Gasteiger partial charge in [-0.25, -0.2) is 0 Å². The highest BCUT2D eigenvalue weighted by atomic mass is 16.5. The van der Waals surface area contributed by atoms with Crippen molar-refractivity contribution in [3.8, 4) is 0 Å².